The van der Waals surface area contributed by atoms with Crippen molar-refractivity contribution in [1.82, 2.24) is 0 Å². The van der Waals surface area contributed by atoms with Crippen LogP contribution in [0.2, 0.25) is 0 Å². The molecule has 76 valence electrons. The lowest BCUT2D eigenvalue weighted by atomic mass is 9.90. The quantitative estimate of drug-likeness (QED) is 0.537. The molecule has 0 rings (SSSR count). The Morgan fingerprint density at radius 3 is 2.08 bits per heavy atom. The van der Waals surface area contributed by atoms with Crippen molar-refractivity contribution in [3.05, 3.63) is 24.3 Å². The SMILES string of the molecule is CC/C=C/C/C=C/CCC(C)(C)C. The third-order valence-electron chi connectivity index (χ3n) is 1.90. The molecule has 0 aliphatic carbocycles. The van der Waals surface area contributed by atoms with Crippen LogP contribution in [0.3, 0.4) is 0 Å². The van der Waals surface area contributed by atoms with E-state index in [9.17, 15) is 0 Å². The summed E-state index contributed by atoms with van der Waals surface area (Å²) in [6.07, 6.45) is 13.7. The van der Waals surface area contributed by atoms with Gasteiger partial charge in [0.1, 0.15) is 0 Å². The molecule has 0 spiro atoms. The van der Waals surface area contributed by atoms with E-state index in [1.807, 2.05) is 0 Å². The monoisotopic (exact) mass is 180 g/mol. The average molecular weight is 180 g/mol. The van der Waals surface area contributed by atoms with Crippen LogP contribution >= 0.6 is 0 Å². The van der Waals surface area contributed by atoms with Gasteiger partial charge < -0.3 is 0 Å². The van der Waals surface area contributed by atoms with E-state index in [1.54, 1.807) is 0 Å². The molecule has 0 radical (unpaired) electrons. The molecule has 0 aromatic heterocycles. The van der Waals surface area contributed by atoms with E-state index in [0.717, 1.165) is 12.8 Å². The Balaban J connectivity index is 3.37. The third-order valence-corrected chi connectivity index (χ3v) is 1.90. The van der Waals surface area contributed by atoms with Gasteiger partial charge in [-0.05, 0) is 31.1 Å². The van der Waals surface area contributed by atoms with Crippen molar-refractivity contribution in [2.24, 2.45) is 5.41 Å². The second kappa shape index (κ2) is 6.94. The van der Waals surface area contributed by atoms with Crippen molar-refractivity contribution in [3.8, 4) is 0 Å². The minimum Gasteiger partial charge on any atom is -0.0885 e. The molecule has 0 heterocycles. The zero-order chi connectivity index (χ0) is 10.2. The molecule has 0 saturated heterocycles. The zero-order valence-electron chi connectivity index (χ0n) is 9.64. The summed E-state index contributed by atoms with van der Waals surface area (Å²) >= 11 is 0. The number of allylic oxidation sites excluding steroid dienone is 4. The highest BCUT2D eigenvalue weighted by atomic mass is 14.1. The molecular weight excluding hydrogens is 156 g/mol. The van der Waals surface area contributed by atoms with Gasteiger partial charge in [0.15, 0.2) is 0 Å². The van der Waals surface area contributed by atoms with Crippen molar-refractivity contribution in [3.63, 3.8) is 0 Å². The molecule has 0 bridgehead atoms. The van der Waals surface area contributed by atoms with E-state index in [1.165, 1.54) is 12.8 Å². The van der Waals surface area contributed by atoms with Gasteiger partial charge in [-0.15, -0.1) is 0 Å². The van der Waals surface area contributed by atoms with Crippen LogP contribution in [-0.4, -0.2) is 0 Å². The van der Waals surface area contributed by atoms with Crippen molar-refractivity contribution in [1.29, 1.82) is 0 Å². The first kappa shape index (κ1) is 12.5. The largest absolute Gasteiger partial charge is 0.0885 e. The van der Waals surface area contributed by atoms with Gasteiger partial charge in [-0.1, -0.05) is 52.0 Å². The Bertz CT molecular complexity index is 155. The molecule has 0 aliphatic rings. The first-order valence-electron chi connectivity index (χ1n) is 5.36. The maximum absolute atomic E-state index is 2.30. The van der Waals surface area contributed by atoms with Gasteiger partial charge in [-0.3, -0.25) is 0 Å². The molecule has 0 aliphatic heterocycles. The number of hydrogen-bond acceptors (Lipinski definition) is 0. The summed E-state index contributed by atoms with van der Waals surface area (Å²) in [5, 5.41) is 0. The summed E-state index contributed by atoms with van der Waals surface area (Å²) in [5.74, 6) is 0. The van der Waals surface area contributed by atoms with Crippen molar-refractivity contribution < 1.29 is 0 Å². The molecule has 0 N–H and O–H groups in total. The van der Waals surface area contributed by atoms with Crippen LogP contribution in [0.15, 0.2) is 24.3 Å². The maximum atomic E-state index is 2.30. The Kier molecular flexibility index (Phi) is 6.66. The standard InChI is InChI=1S/C13H24/c1-5-6-7-8-9-10-11-12-13(2,3)4/h6-7,9-10H,5,8,11-12H2,1-4H3/b7-6+,10-9+. The minimum atomic E-state index is 0.476. The highest BCUT2D eigenvalue weighted by molar-refractivity contribution is 4.92. The fourth-order valence-corrected chi connectivity index (χ4v) is 1.07. The van der Waals surface area contributed by atoms with Gasteiger partial charge in [0.05, 0.1) is 0 Å². The van der Waals surface area contributed by atoms with Crippen LogP contribution in [-0.2, 0) is 0 Å². The predicted molar refractivity (Wildman–Crippen MR) is 61.9 cm³/mol. The maximum Gasteiger partial charge on any atom is -0.0169 e. The topological polar surface area (TPSA) is 0 Å². The number of rotatable bonds is 5. The molecular formula is C13H24. The second-order valence-electron chi connectivity index (χ2n) is 4.69. The average Bonchev–Trinajstić information content (AvgIpc) is 2.01. The third kappa shape index (κ3) is 11.5. The van der Waals surface area contributed by atoms with E-state index in [2.05, 4.69) is 52.0 Å². The molecule has 0 aromatic carbocycles. The highest BCUT2D eigenvalue weighted by Gasteiger charge is 2.07. The molecule has 0 nitrogen and oxygen atoms in total. The highest BCUT2D eigenvalue weighted by Crippen LogP contribution is 2.20. The zero-order valence-corrected chi connectivity index (χ0v) is 9.64. The molecule has 0 atom stereocenters. The van der Waals surface area contributed by atoms with E-state index < -0.39 is 0 Å². The van der Waals surface area contributed by atoms with Gasteiger partial charge in [0, 0.05) is 0 Å². The Hall–Kier alpha value is -0.520. The normalized spacial score (nSPS) is 13.2. The van der Waals surface area contributed by atoms with Gasteiger partial charge >= 0.3 is 0 Å². The smallest absolute Gasteiger partial charge is 0.0169 e. The molecule has 13 heavy (non-hydrogen) atoms. The van der Waals surface area contributed by atoms with Crippen molar-refractivity contribution >= 4 is 0 Å². The van der Waals surface area contributed by atoms with Crippen LogP contribution < -0.4 is 0 Å². The van der Waals surface area contributed by atoms with Crippen LogP contribution in [0.4, 0.5) is 0 Å². The predicted octanol–water partition coefficient (Wildman–Crippen LogP) is 4.73. The molecule has 0 heteroatoms. The van der Waals surface area contributed by atoms with Gasteiger partial charge in [-0.2, -0.15) is 0 Å². The summed E-state index contributed by atoms with van der Waals surface area (Å²) in [5.41, 5.74) is 0.476. The fourth-order valence-electron chi connectivity index (χ4n) is 1.07. The molecule has 0 amide bonds. The van der Waals surface area contributed by atoms with Crippen molar-refractivity contribution in [2.45, 2.75) is 53.4 Å². The fraction of sp³-hybridized carbons (Fsp3) is 0.692. The molecule has 0 unspecified atom stereocenters. The van der Waals surface area contributed by atoms with Crippen LogP contribution in [0, 0.1) is 5.41 Å². The lowest BCUT2D eigenvalue weighted by molar-refractivity contribution is 0.381. The second-order valence-corrected chi connectivity index (χ2v) is 4.69. The summed E-state index contributed by atoms with van der Waals surface area (Å²) < 4.78 is 0. The van der Waals surface area contributed by atoms with Gasteiger partial charge in [-0.25, -0.2) is 0 Å². The van der Waals surface area contributed by atoms with Gasteiger partial charge in [0.25, 0.3) is 0 Å². The summed E-state index contributed by atoms with van der Waals surface area (Å²) in [6.45, 7) is 9.04. The first-order valence-corrected chi connectivity index (χ1v) is 5.36. The Labute approximate surface area is 83.7 Å². The van der Waals surface area contributed by atoms with Crippen molar-refractivity contribution in [2.75, 3.05) is 0 Å². The van der Waals surface area contributed by atoms with E-state index >= 15 is 0 Å². The lowest BCUT2D eigenvalue weighted by Crippen LogP contribution is -2.02. The summed E-state index contributed by atoms with van der Waals surface area (Å²) in [7, 11) is 0. The summed E-state index contributed by atoms with van der Waals surface area (Å²) in [4.78, 5) is 0. The molecule has 0 aromatic rings. The molecule has 0 fully saturated rings. The summed E-state index contributed by atoms with van der Waals surface area (Å²) in [6, 6.07) is 0. The van der Waals surface area contributed by atoms with E-state index in [0.29, 0.717) is 5.41 Å². The minimum absolute atomic E-state index is 0.476. The van der Waals surface area contributed by atoms with E-state index in [-0.39, 0.29) is 0 Å². The molecule has 0 saturated carbocycles. The Morgan fingerprint density at radius 2 is 1.54 bits per heavy atom. The van der Waals surface area contributed by atoms with E-state index in [4.69, 9.17) is 0 Å². The lowest BCUT2D eigenvalue weighted by Gasteiger charge is -2.15. The number of hydrogen-bond donors (Lipinski definition) is 0. The van der Waals surface area contributed by atoms with Crippen LogP contribution in [0.25, 0.3) is 0 Å². The van der Waals surface area contributed by atoms with Gasteiger partial charge in [0.2, 0.25) is 0 Å². The Morgan fingerprint density at radius 1 is 0.923 bits per heavy atom. The van der Waals surface area contributed by atoms with Crippen LogP contribution in [0.5, 0.6) is 0 Å². The first-order chi connectivity index (χ1) is 6.06. The van der Waals surface area contributed by atoms with Crippen LogP contribution in [0.1, 0.15) is 53.4 Å².